The number of allylic oxidation sites excluding steroid dienone is 1. The Kier molecular flexibility index (Phi) is 5.27. The van der Waals surface area contributed by atoms with Gasteiger partial charge in [-0.25, -0.2) is 0 Å². The fourth-order valence-electron chi connectivity index (χ4n) is 1.75. The Hall–Kier alpha value is -1.24. The summed E-state index contributed by atoms with van der Waals surface area (Å²) in [6, 6.07) is 9.33. The first-order chi connectivity index (χ1) is 8.06. The zero-order valence-corrected chi connectivity index (χ0v) is 11.8. The van der Waals surface area contributed by atoms with Crippen LogP contribution < -0.4 is 0 Å². The van der Waals surface area contributed by atoms with Crippen molar-refractivity contribution in [3.05, 3.63) is 41.5 Å². The minimum Gasteiger partial charge on any atom is -0.372 e. The van der Waals surface area contributed by atoms with Crippen molar-refractivity contribution in [2.75, 3.05) is 7.05 Å². The second-order valence-corrected chi connectivity index (χ2v) is 4.95. The van der Waals surface area contributed by atoms with Crippen molar-refractivity contribution in [1.82, 2.24) is 4.90 Å². The number of unbranched alkanes of at least 4 members (excludes halogenated alkanes) is 1. The summed E-state index contributed by atoms with van der Waals surface area (Å²) >= 11 is 0. The lowest BCUT2D eigenvalue weighted by Crippen LogP contribution is -2.24. The van der Waals surface area contributed by atoms with Crippen LogP contribution in [0.1, 0.15) is 44.7 Å². The Morgan fingerprint density at radius 3 is 2.29 bits per heavy atom. The van der Waals surface area contributed by atoms with Crippen molar-refractivity contribution in [3.63, 3.8) is 0 Å². The van der Waals surface area contributed by atoms with Crippen molar-refractivity contribution in [1.29, 1.82) is 0 Å². The van der Waals surface area contributed by atoms with Crippen LogP contribution >= 0.6 is 0 Å². The predicted octanol–water partition coefficient (Wildman–Crippen LogP) is 4.48. The fourth-order valence-corrected chi connectivity index (χ4v) is 1.75. The number of rotatable bonds is 5. The maximum atomic E-state index is 2.35. The highest BCUT2D eigenvalue weighted by Crippen LogP contribution is 2.21. The van der Waals surface area contributed by atoms with Crippen molar-refractivity contribution in [3.8, 4) is 0 Å². The van der Waals surface area contributed by atoms with Crippen LogP contribution in [0.2, 0.25) is 0 Å². The van der Waals surface area contributed by atoms with Crippen molar-refractivity contribution in [2.45, 2.75) is 46.6 Å². The van der Waals surface area contributed by atoms with Gasteiger partial charge in [0.15, 0.2) is 0 Å². The Labute approximate surface area is 106 Å². The molecule has 1 aromatic rings. The molecule has 1 aromatic carbocycles. The lowest BCUT2D eigenvalue weighted by molar-refractivity contribution is 0.395. The molecule has 0 N–H and O–H groups in total. The number of aryl methyl sites for hydroxylation is 1. The summed E-state index contributed by atoms with van der Waals surface area (Å²) in [4.78, 5) is 2.35. The van der Waals surface area contributed by atoms with Gasteiger partial charge in [-0.15, -0.1) is 0 Å². The largest absolute Gasteiger partial charge is 0.372 e. The van der Waals surface area contributed by atoms with Gasteiger partial charge in [0, 0.05) is 18.8 Å². The highest BCUT2D eigenvalue weighted by Gasteiger charge is 2.09. The summed E-state index contributed by atoms with van der Waals surface area (Å²) in [5.74, 6) is 0. The lowest BCUT2D eigenvalue weighted by Gasteiger charge is -2.27. The topological polar surface area (TPSA) is 3.24 Å². The number of hydrogen-bond donors (Lipinski definition) is 0. The van der Waals surface area contributed by atoms with E-state index in [2.05, 4.69) is 70.0 Å². The molecule has 0 aliphatic rings. The van der Waals surface area contributed by atoms with E-state index in [0.717, 1.165) is 6.42 Å². The molecule has 0 saturated heterocycles. The molecule has 0 aromatic heterocycles. The molecule has 1 rings (SSSR count). The van der Waals surface area contributed by atoms with Gasteiger partial charge in [-0.05, 0) is 32.8 Å². The molecular weight excluding hydrogens is 206 g/mol. The van der Waals surface area contributed by atoms with Gasteiger partial charge in [-0.3, -0.25) is 0 Å². The predicted molar refractivity (Wildman–Crippen MR) is 77.0 cm³/mol. The summed E-state index contributed by atoms with van der Waals surface area (Å²) in [5, 5.41) is 0. The molecule has 0 unspecified atom stereocenters. The van der Waals surface area contributed by atoms with E-state index in [4.69, 9.17) is 0 Å². The van der Waals surface area contributed by atoms with Gasteiger partial charge in [-0.1, -0.05) is 49.2 Å². The van der Waals surface area contributed by atoms with Crippen LogP contribution in [0.25, 0.3) is 5.70 Å². The Bertz CT molecular complexity index is 360. The van der Waals surface area contributed by atoms with Gasteiger partial charge in [0.25, 0.3) is 0 Å². The van der Waals surface area contributed by atoms with Crippen LogP contribution in [-0.2, 0) is 0 Å². The van der Waals surface area contributed by atoms with Gasteiger partial charge in [0.05, 0.1) is 0 Å². The van der Waals surface area contributed by atoms with E-state index < -0.39 is 0 Å². The maximum Gasteiger partial charge on any atom is 0.0399 e. The summed E-state index contributed by atoms with van der Waals surface area (Å²) in [7, 11) is 2.17. The average molecular weight is 231 g/mol. The molecule has 0 aliphatic carbocycles. The monoisotopic (exact) mass is 231 g/mol. The molecule has 0 atom stereocenters. The van der Waals surface area contributed by atoms with Crippen molar-refractivity contribution < 1.29 is 0 Å². The molecule has 0 spiro atoms. The first-order valence-electron chi connectivity index (χ1n) is 6.56. The minimum absolute atomic E-state index is 0.527. The minimum atomic E-state index is 0.527. The molecular formula is C16H25N. The third-order valence-electron chi connectivity index (χ3n) is 3.13. The van der Waals surface area contributed by atoms with Crippen molar-refractivity contribution >= 4 is 5.70 Å². The number of benzene rings is 1. The van der Waals surface area contributed by atoms with Gasteiger partial charge in [-0.2, -0.15) is 0 Å². The molecule has 0 radical (unpaired) electrons. The molecule has 0 bridgehead atoms. The maximum absolute atomic E-state index is 2.35. The number of nitrogens with zero attached hydrogens (tertiary/aromatic N) is 1. The van der Waals surface area contributed by atoms with E-state index in [1.807, 2.05) is 0 Å². The highest BCUT2D eigenvalue weighted by atomic mass is 15.1. The van der Waals surface area contributed by atoms with E-state index in [0.29, 0.717) is 6.04 Å². The van der Waals surface area contributed by atoms with E-state index in [-0.39, 0.29) is 0 Å². The van der Waals surface area contributed by atoms with Crippen LogP contribution in [0.5, 0.6) is 0 Å². The summed E-state index contributed by atoms with van der Waals surface area (Å²) < 4.78 is 0. The first-order valence-corrected chi connectivity index (χ1v) is 6.56. The normalized spacial score (nSPS) is 12.0. The smallest absolute Gasteiger partial charge is 0.0399 e. The standard InChI is InChI=1S/C16H25N/c1-6-7-8-16(17(5)13(2)3)15-11-9-14(4)10-12-15/h8-13H,6-7H2,1-5H3/b16-8+. The van der Waals surface area contributed by atoms with Gasteiger partial charge in [0.2, 0.25) is 0 Å². The zero-order valence-electron chi connectivity index (χ0n) is 11.8. The Morgan fingerprint density at radius 2 is 1.82 bits per heavy atom. The molecule has 0 saturated carbocycles. The molecule has 94 valence electrons. The third kappa shape index (κ3) is 3.92. The number of hydrogen-bond acceptors (Lipinski definition) is 1. The summed E-state index contributed by atoms with van der Waals surface area (Å²) in [5.41, 5.74) is 3.98. The van der Waals surface area contributed by atoms with Gasteiger partial charge >= 0.3 is 0 Å². The van der Waals surface area contributed by atoms with E-state index in [9.17, 15) is 0 Å². The zero-order chi connectivity index (χ0) is 12.8. The lowest BCUT2D eigenvalue weighted by atomic mass is 10.1. The molecule has 0 amide bonds. The van der Waals surface area contributed by atoms with Gasteiger partial charge < -0.3 is 4.90 Å². The Balaban J connectivity index is 3.02. The Morgan fingerprint density at radius 1 is 1.24 bits per heavy atom. The van der Waals surface area contributed by atoms with Crippen LogP contribution in [-0.4, -0.2) is 18.0 Å². The molecule has 1 nitrogen and oxygen atoms in total. The van der Waals surface area contributed by atoms with Gasteiger partial charge in [0.1, 0.15) is 0 Å². The molecule has 17 heavy (non-hydrogen) atoms. The molecule has 0 aliphatic heterocycles. The van der Waals surface area contributed by atoms with Crippen molar-refractivity contribution in [2.24, 2.45) is 0 Å². The summed E-state index contributed by atoms with van der Waals surface area (Å²) in [6.07, 6.45) is 4.69. The average Bonchev–Trinajstić information content (AvgIpc) is 2.31. The summed E-state index contributed by atoms with van der Waals surface area (Å²) in [6.45, 7) is 8.81. The highest BCUT2D eigenvalue weighted by molar-refractivity contribution is 5.64. The third-order valence-corrected chi connectivity index (χ3v) is 3.13. The van der Waals surface area contributed by atoms with E-state index in [1.165, 1.54) is 23.2 Å². The van der Waals surface area contributed by atoms with Crippen LogP contribution in [0.4, 0.5) is 0 Å². The molecule has 1 heteroatoms. The van der Waals surface area contributed by atoms with E-state index >= 15 is 0 Å². The SMILES string of the molecule is CCC/C=C(\c1ccc(C)cc1)N(C)C(C)C. The molecule has 0 fully saturated rings. The van der Waals surface area contributed by atoms with Crippen LogP contribution in [0.3, 0.4) is 0 Å². The second-order valence-electron chi connectivity index (χ2n) is 4.95. The second kappa shape index (κ2) is 6.48. The molecule has 0 heterocycles. The fraction of sp³-hybridized carbons (Fsp3) is 0.500. The first kappa shape index (κ1) is 13.8. The van der Waals surface area contributed by atoms with Crippen LogP contribution in [0, 0.1) is 6.92 Å². The van der Waals surface area contributed by atoms with E-state index in [1.54, 1.807) is 0 Å². The van der Waals surface area contributed by atoms with Crippen LogP contribution in [0.15, 0.2) is 30.3 Å². The quantitative estimate of drug-likeness (QED) is 0.722.